The first kappa shape index (κ1) is 13.3. The van der Waals surface area contributed by atoms with Crippen LogP contribution in [0, 0.1) is 0 Å². The van der Waals surface area contributed by atoms with E-state index in [1.54, 1.807) is 11.8 Å². The molecule has 0 saturated heterocycles. The van der Waals surface area contributed by atoms with Crippen molar-refractivity contribution in [2.45, 2.75) is 39.2 Å². The lowest BCUT2D eigenvalue weighted by molar-refractivity contribution is -0.116. The van der Waals surface area contributed by atoms with Crippen molar-refractivity contribution in [2.75, 3.05) is 12.0 Å². The third-order valence-electron chi connectivity index (χ3n) is 2.66. The van der Waals surface area contributed by atoms with Crippen molar-refractivity contribution in [3.05, 3.63) is 18.0 Å². The van der Waals surface area contributed by atoms with E-state index in [1.807, 2.05) is 23.2 Å². The summed E-state index contributed by atoms with van der Waals surface area (Å²) in [6.45, 7) is 4.32. The largest absolute Gasteiger partial charge is 0.298 e. The summed E-state index contributed by atoms with van der Waals surface area (Å²) in [5.74, 6) is 0.833. The van der Waals surface area contributed by atoms with Crippen LogP contribution in [0.15, 0.2) is 12.3 Å². The third-order valence-corrected chi connectivity index (χ3v) is 3.27. The van der Waals surface area contributed by atoms with E-state index in [-0.39, 0.29) is 5.78 Å². The molecule has 0 atom stereocenters. The summed E-state index contributed by atoms with van der Waals surface area (Å²) in [4.78, 5) is 11.5. The number of aromatic nitrogens is 2. The van der Waals surface area contributed by atoms with E-state index >= 15 is 0 Å². The Balaban J connectivity index is 2.60. The Labute approximate surface area is 102 Å². The van der Waals surface area contributed by atoms with E-state index in [4.69, 9.17) is 0 Å². The first-order valence-corrected chi connectivity index (χ1v) is 7.15. The van der Waals surface area contributed by atoms with Gasteiger partial charge in [0.05, 0.1) is 23.9 Å². The SMILES string of the molecule is CCC(CC)n1ccc(CC(=O)CSC)n1. The molecule has 0 unspecified atom stereocenters. The molecule has 0 N–H and O–H groups in total. The number of carbonyl (C=O) groups is 1. The van der Waals surface area contributed by atoms with Gasteiger partial charge in [0.15, 0.2) is 0 Å². The summed E-state index contributed by atoms with van der Waals surface area (Å²) in [5.41, 5.74) is 0.894. The van der Waals surface area contributed by atoms with Crippen LogP contribution < -0.4 is 0 Å². The molecule has 1 aromatic rings. The number of rotatable bonds is 7. The van der Waals surface area contributed by atoms with Crippen LogP contribution in [-0.4, -0.2) is 27.6 Å². The predicted octanol–water partition coefficient (Wildman–Crippen LogP) is 2.72. The highest BCUT2D eigenvalue weighted by atomic mass is 32.2. The van der Waals surface area contributed by atoms with Gasteiger partial charge in [-0.3, -0.25) is 9.48 Å². The molecular formula is C12H20N2OS. The maximum absolute atomic E-state index is 11.5. The fourth-order valence-electron chi connectivity index (χ4n) is 1.75. The average Bonchev–Trinajstić information content (AvgIpc) is 2.68. The highest BCUT2D eigenvalue weighted by Crippen LogP contribution is 2.14. The number of carbonyl (C=O) groups excluding carboxylic acids is 1. The molecule has 4 heteroatoms. The zero-order valence-electron chi connectivity index (χ0n) is 10.3. The van der Waals surface area contributed by atoms with E-state index in [0.717, 1.165) is 18.5 Å². The van der Waals surface area contributed by atoms with Crippen LogP contribution in [0.5, 0.6) is 0 Å². The molecule has 90 valence electrons. The van der Waals surface area contributed by atoms with E-state index in [1.165, 1.54) is 0 Å². The summed E-state index contributed by atoms with van der Waals surface area (Å²) in [5, 5.41) is 4.46. The zero-order valence-corrected chi connectivity index (χ0v) is 11.1. The van der Waals surface area contributed by atoms with Gasteiger partial charge in [-0.1, -0.05) is 13.8 Å². The lowest BCUT2D eigenvalue weighted by Crippen LogP contribution is -2.10. The Morgan fingerprint density at radius 2 is 2.19 bits per heavy atom. The van der Waals surface area contributed by atoms with Crippen LogP contribution in [0.3, 0.4) is 0 Å². The smallest absolute Gasteiger partial charge is 0.148 e. The Morgan fingerprint density at radius 3 is 2.75 bits per heavy atom. The van der Waals surface area contributed by atoms with E-state index in [9.17, 15) is 4.79 Å². The van der Waals surface area contributed by atoms with E-state index in [0.29, 0.717) is 18.2 Å². The molecule has 1 rings (SSSR count). The van der Waals surface area contributed by atoms with Gasteiger partial charge in [-0.2, -0.15) is 16.9 Å². The second kappa shape index (κ2) is 6.74. The highest BCUT2D eigenvalue weighted by molar-refractivity contribution is 7.99. The van der Waals surface area contributed by atoms with Crippen LogP contribution in [0.1, 0.15) is 38.4 Å². The molecule has 0 amide bonds. The molecule has 3 nitrogen and oxygen atoms in total. The standard InChI is InChI=1S/C12H20N2OS/c1-4-11(5-2)14-7-6-10(13-14)8-12(15)9-16-3/h6-7,11H,4-5,8-9H2,1-3H3. The third kappa shape index (κ3) is 3.67. The summed E-state index contributed by atoms with van der Waals surface area (Å²) < 4.78 is 1.99. The van der Waals surface area contributed by atoms with Crippen molar-refractivity contribution in [3.8, 4) is 0 Å². The topological polar surface area (TPSA) is 34.9 Å². The molecule has 0 aromatic carbocycles. The molecular weight excluding hydrogens is 220 g/mol. The van der Waals surface area contributed by atoms with Gasteiger partial charge in [-0.25, -0.2) is 0 Å². The first-order valence-electron chi connectivity index (χ1n) is 5.75. The molecule has 0 radical (unpaired) electrons. The van der Waals surface area contributed by atoms with Crippen molar-refractivity contribution in [1.29, 1.82) is 0 Å². The van der Waals surface area contributed by atoms with Gasteiger partial charge >= 0.3 is 0 Å². The summed E-state index contributed by atoms with van der Waals surface area (Å²) in [6.07, 6.45) is 6.56. The molecule has 0 bridgehead atoms. The average molecular weight is 240 g/mol. The Hall–Kier alpha value is -0.770. The lowest BCUT2D eigenvalue weighted by Gasteiger charge is -2.12. The number of nitrogens with zero attached hydrogens (tertiary/aromatic N) is 2. The van der Waals surface area contributed by atoms with Crippen LogP contribution in [0.2, 0.25) is 0 Å². The van der Waals surface area contributed by atoms with Gasteiger partial charge in [-0.05, 0) is 25.2 Å². The van der Waals surface area contributed by atoms with Crippen LogP contribution >= 0.6 is 11.8 Å². The maximum atomic E-state index is 11.5. The molecule has 0 saturated carbocycles. The minimum Gasteiger partial charge on any atom is -0.298 e. The Bertz CT molecular complexity index is 332. The minimum absolute atomic E-state index is 0.252. The predicted molar refractivity (Wildman–Crippen MR) is 68.9 cm³/mol. The monoisotopic (exact) mass is 240 g/mol. The van der Waals surface area contributed by atoms with Crippen molar-refractivity contribution >= 4 is 17.5 Å². The van der Waals surface area contributed by atoms with Crippen LogP contribution in [0.25, 0.3) is 0 Å². The van der Waals surface area contributed by atoms with Crippen molar-refractivity contribution in [3.63, 3.8) is 0 Å². The number of ketones is 1. The minimum atomic E-state index is 0.252. The first-order chi connectivity index (χ1) is 7.71. The zero-order chi connectivity index (χ0) is 12.0. The summed E-state index contributed by atoms with van der Waals surface area (Å²) >= 11 is 1.57. The molecule has 0 aliphatic rings. The van der Waals surface area contributed by atoms with Crippen molar-refractivity contribution < 1.29 is 4.79 Å². The van der Waals surface area contributed by atoms with Gasteiger partial charge < -0.3 is 0 Å². The molecule has 16 heavy (non-hydrogen) atoms. The van der Waals surface area contributed by atoms with E-state index in [2.05, 4.69) is 18.9 Å². The second-order valence-corrected chi connectivity index (χ2v) is 4.77. The number of thioether (sulfide) groups is 1. The number of hydrogen-bond acceptors (Lipinski definition) is 3. The normalized spacial score (nSPS) is 11.0. The van der Waals surface area contributed by atoms with Gasteiger partial charge in [0, 0.05) is 6.20 Å². The van der Waals surface area contributed by atoms with Gasteiger partial charge in [0.25, 0.3) is 0 Å². The highest BCUT2D eigenvalue weighted by Gasteiger charge is 2.10. The van der Waals surface area contributed by atoms with Crippen molar-refractivity contribution in [1.82, 2.24) is 9.78 Å². The van der Waals surface area contributed by atoms with E-state index < -0.39 is 0 Å². The Kier molecular flexibility index (Phi) is 5.60. The number of Topliss-reactive ketones (excluding diaryl/α,β-unsaturated/α-hetero) is 1. The fraction of sp³-hybridized carbons (Fsp3) is 0.667. The quantitative estimate of drug-likeness (QED) is 0.735. The van der Waals surface area contributed by atoms with Gasteiger partial charge in [0.1, 0.15) is 5.78 Å². The molecule has 1 aromatic heterocycles. The Morgan fingerprint density at radius 1 is 1.50 bits per heavy atom. The molecule has 0 aliphatic carbocycles. The fourth-order valence-corrected chi connectivity index (χ4v) is 2.18. The molecule has 0 fully saturated rings. The molecule has 0 aliphatic heterocycles. The number of hydrogen-bond donors (Lipinski definition) is 0. The lowest BCUT2D eigenvalue weighted by atomic mass is 10.2. The van der Waals surface area contributed by atoms with Gasteiger partial charge in [0.2, 0.25) is 0 Å². The summed E-state index contributed by atoms with van der Waals surface area (Å²) in [7, 11) is 0. The maximum Gasteiger partial charge on any atom is 0.148 e. The van der Waals surface area contributed by atoms with Crippen molar-refractivity contribution in [2.24, 2.45) is 0 Å². The van der Waals surface area contributed by atoms with Gasteiger partial charge in [-0.15, -0.1) is 0 Å². The second-order valence-electron chi connectivity index (χ2n) is 3.91. The van der Waals surface area contributed by atoms with Crippen LogP contribution in [0.4, 0.5) is 0 Å². The molecule has 0 spiro atoms. The summed E-state index contributed by atoms with van der Waals surface area (Å²) in [6, 6.07) is 2.42. The van der Waals surface area contributed by atoms with Crippen LogP contribution in [-0.2, 0) is 11.2 Å². The molecule has 1 heterocycles.